The summed E-state index contributed by atoms with van der Waals surface area (Å²) in [6.07, 6.45) is 4.96. The number of carbonyl (C=O) groups excluding carboxylic acids is 1. The molecule has 1 aromatic rings. The lowest BCUT2D eigenvalue weighted by Crippen LogP contribution is -2.42. The summed E-state index contributed by atoms with van der Waals surface area (Å²) >= 11 is 0. The van der Waals surface area contributed by atoms with Gasteiger partial charge in [0, 0.05) is 13.6 Å². The first-order chi connectivity index (χ1) is 7.72. The van der Waals surface area contributed by atoms with Crippen LogP contribution in [0.2, 0.25) is 0 Å². The van der Waals surface area contributed by atoms with Crippen molar-refractivity contribution >= 4 is 17.5 Å². The predicted octanol–water partition coefficient (Wildman–Crippen LogP) is -0.226. The molecule has 1 amide bonds. The monoisotopic (exact) mass is 221 g/mol. The van der Waals surface area contributed by atoms with E-state index in [1.807, 2.05) is 4.90 Å². The van der Waals surface area contributed by atoms with Crippen molar-refractivity contribution in [3.63, 3.8) is 0 Å². The number of amides is 1. The topological polar surface area (TPSA) is 84.1 Å². The van der Waals surface area contributed by atoms with Crippen molar-refractivity contribution < 1.29 is 4.79 Å². The number of nitrogen functional groups attached to an aromatic ring is 1. The minimum Gasteiger partial charge on any atom is -0.382 e. The van der Waals surface area contributed by atoms with Gasteiger partial charge in [0.1, 0.15) is 17.7 Å². The summed E-state index contributed by atoms with van der Waals surface area (Å²) in [6, 6.07) is -0.136. The number of likely N-dealkylation sites (N-methyl/N-ethyl adjacent to an activating group) is 1. The van der Waals surface area contributed by atoms with Gasteiger partial charge < -0.3 is 16.0 Å². The van der Waals surface area contributed by atoms with Gasteiger partial charge in [0.25, 0.3) is 0 Å². The van der Waals surface area contributed by atoms with Crippen LogP contribution in [0.4, 0.5) is 11.6 Å². The van der Waals surface area contributed by atoms with Crippen molar-refractivity contribution in [2.45, 2.75) is 18.9 Å². The fraction of sp³-hybridized carbons (Fsp3) is 0.500. The minimum absolute atomic E-state index is 0.0242. The molecule has 1 unspecified atom stereocenters. The maximum absolute atomic E-state index is 11.6. The van der Waals surface area contributed by atoms with E-state index in [2.05, 4.69) is 15.3 Å². The minimum atomic E-state index is -0.136. The number of carbonyl (C=O) groups is 1. The van der Waals surface area contributed by atoms with Crippen LogP contribution in [0.15, 0.2) is 12.4 Å². The van der Waals surface area contributed by atoms with Crippen molar-refractivity contribution in [2.75, 3.05) is 24.2 Å². The number of anilines is 2. The van der Waals surface area contributed by atoms with Gasteiger partial charge in [0.05, 0.1) is 12.4 Å². The van der Waals surface area contributed by atoms with E-state index in [-0.39, 0.29) is 11.9 Å². The van der Waals surface area contributed by atoms with E-state index in [0.717, 1.165) is 19.4 Å². The van der Waals surface area contributed by atoms with Crippen molar-refractivity contribution in [1.82, 2.24) is 15.3 Å². The summed E-state index contributed by atoms with van der Waals surface area (Å²) in [7, 11) is 1.65. The molecule has 0 saturated carbocycles. The van der Waals surface area contributed by atoms with E-state index in [1.165, 1.54) is 6.20 Å². The third-order valence-corrected chi connectivity index (χ3v) is 2.75. The zero-order chi connectivity index (χ0) is 11.5. The molecule has 0 aliphatic carbocycles. The molecular formula is C10H15N5O. The average molecular weight is 221 g/mol. The summed E-state index contributed by atoms with van der Waals surface area (Å²) < 4.78 is 0. The first kappa shape index (κ1) is 10.7. The van der Waals surface area contributed by atoms with Crippen LogP contribution in [0.1, 0.15) is 12.8 Å². The maximum atomic E-state index is 11.6. The highest BCUT2D eigenvalue weighted by Crippen LogP contribution is 2.23. The SMILES string of the molecule is CNC(=O)C1CCCN1c1cnc(N)cn1. The molecule has 3 N–H and O–H groups in total. The second-order valence-corrected chi connectivity index (χ2v) is 3.77. The number of hydrogen-bond acceptors (Lipinski definition) is 5. The highest BCUT2D eigenvalue weighted by molar-refractivity contribution is 5.85. The Balaban J connectivity index is 2.19. The lowest BCUT2D eigenvalue weighted by Gasteiger charge is -2.23. The molecule has 1 saturated heterocycles. The maximum Gasteiger partial charge on any atom is 0.242 e. The Hall–Kier alpha value is -1.85. The molecule has 6 heteroatoms. The van der Waals surface area contributed by atoms with Crippen LogP contribution in [0, 0.1) is 0 Å². The average Bonchev–Trinajstić information content (AvgIpc) is 2.78. The second-order valence-electron chi connectivity index (χ2n) is 3.77. The Morgan fingerprint density at radius 2 is 2.38 bits per heavy atom. The smallest absolute Gasteiger partial charge is 0.242 e. The van der Waals surface area contributed by atoms with E-state index < -0.39 is 0 Å². The summed E-state index contributed by atoms with van der Waals surface area (Å²) in [6.45, 7) is 0.830. The predicted molar refractivity (Wildman–Crippen MR) is 60.9 cm³/mol. The third-order valence-electron chi connectivity index (χ3n) is 2.75. The first-order valence-corrected chi connectivity index (χ1v) is 5.28. The molecule has 1 atom stereocenters. The van der Waals surface area contributed by atoms with Crippen molar-refractivity contribution in [3.05, 3.63) is 12.4 Å². The Bertz CT molecular complexity index is 377. The van der Waals surface area contributed by atoms with Gasteiger partial charge in [-0.2, -0.15) is 0 Å². The van der Waals surface area contributed by atoms with Crippen LogP contribution >= 0.6 is 0 Å². The number of rotatable bonds is 2. The van der Waals surface area contributed by atoms with Crippen LogP contribution in [0.5, 0.6) is 0 Å². The van der Waals surface area contributed by atoms with Crippen LogP contribution < -0.4 is 16.0 Å². The van der Waals surface area contributed by atoms with Crippen molar-refractivity contribution in [2.24, 2.45) is 0 Å². The molecule has 0 spiro atoms. The summed E-state index contributed by atoms with van der Waals surface area (Å²) in [5, 5.41) is 2.66. The standard InChI is InChI=1S/C10H15N5O/c1-12-10(16)7-3-2-4-15(7)9-6-13-8(11)5-14-9/h5-7H,2-4H2,1H3,(H2,11,13)(H,12,16). The quantitative estimate of drug-likeness (QED) is 0.721. The molecule has 1 fully saturated rings. The van der Waals surface area contributed by atoms with Crippen LogP contribution in [0.25, 0.3) is 0 Å². The molecule has 1 aliphatic rings. The Kier molecular flexibility index (Phi) is 2.89. The lowest BCUT2D eigenvalue weighted by molar-refractivity contribution is -0.121. The third kappa shape index (κ3) is 1.91. The van der Waals surface area contributed by atoms with E-state index in [9.17, 15) is 4.79 Å². The van der Waals surface area contributed by atoms with Crippen LogP contribution in [-0.2, 0) is 4.79 Å². The van der Waals surface area contributed by atoms with Gasteiger partial charge in [0.15, 0.2) is 0 Å². The van der Waals surface area contributed by atoms with Gasteiger partial charge in [-0.15, -0.1) is 0 Å². The van der Waals surface area contributed by atoms with Crippen molar-refractivity contribution in [1.29, 1.82) is 0 Å². The summed E-state index contributed by atoms with van der Waals surface area (Å²) in [4.78, 5) is 21.8. The Labute approximate surface area is 93.9 Å². The van der Waals surface area contributed by atoms with Gasteiger partial charge in [-0.1, -0.05) is 0 Å². The molecule has 0 aromatic carbocycles. The number of hydrogen-bond donors (Lipinski definition) is 2. The van der Waals surface area contributed by atoms with E-state index in [4.69, 9.17) is 5.73 Å². The number of aromatic nitrogens is 2. The molecule has 86 valence electrons. The first-order valence-electron chi connectivity index (χ1n) is 5.28. The highest BCUT2D eigenvalue weighted by atomic mass is 16.2. The van der Waals surface area contributed by atoms with Gasteiger partial charge in [0.2, 0.25) is 5.91 Å². The van der Waals surface area contributed by atoms with E-state index >= 15 is 0 Å². The number of nitrogens with two attached hydrogens (primary N) is 1. The molecule has 2 rings (SSSR count). The molecule has 1 aromatic heterocycles. The number of nitrogens with one attached hydrogen (secondary N) is 1. The zero-order valence-corrected chi connectivity index (χ0v) is 9.18. The highest BCUT2D eigenvalue weighted by Gasteiger charge is 2.30. The molecule has 16 heavy (non-hydrogen) atoms. The summed E-state index contributed by atoms with van der Waals surface area (Å²) in [5.74, 6) is 1.12. The van der Waals surface area contributed by atoms with Crippen molar-refractivity contribution in [3.8, 4) is 0 Å². The van der Waals surface area contributed by atoms with E-state index in [1.54, 1.807) is 13.2 Å². The Morgan fingerprint density at radius 1 is 1.56 bits per heavy atom. The fourth-order valence-corrected chi connectivity index (χ4v) is 1.96. The van der Waals surface area contributed by atoms with Gasteiger partial charge in [-0.05, 0) is 12.8 Å². The second kappa shape index (κ2) is 4.34. The zero-order valence-electron chi connectivity index (χ0n) is 9.18. The van der Waals surface area contributed by atoms with Gasteiger partial charge in [-0.3, -0.25) is 4.79 Å². The fourth-order valence-electron chi connectivity index (χ4n) is 1.96. The molecule has 6 nitrogen and oxygen atoms in total. The van der Waals surface area contributed by atoms with Crippen LogP contribution in [0.3, 0.4) is 0 Å². The van der Waals surface area contributed by atoms with E-state index in [0.29, 0.717) is 11.6 Å². The molecule has 0 bridgehead atoms. The van der Waals surface area contributed by atoms with Crippen LogP contribution in [-0.4, -0.2) is 35.5 Å². The van der Waals surface area contributed by atoms with Gasteiger partial charge in [-0.25, -0.2) is 9.97 Å². The lowest BCUT2D eigenvalue weighted by atomic mass is 10.2. The normalized spacial score (nSPS) is 19.8. The Morgan fingerprint density at radius 3 is 3.00 bits per heavy atom. The molecule has 0 radical (unpaired) electrons. The molecular weight excluding hydrogens is 206 g/mol. The number of nitrogens with zero attached hydrogens (tertiary/aromatic N) is 3. The summed E-state index contributed by atoms with van der Waals surface area (Å²) in [5.41, 5.74) is 5.47. The molecule has 1 aliphatic heterocycles. The van der Waals surface area contributed by atoms with Gasteiger partial charge >= 0.3 is 0 Å². The molecule has 2 heterocycles. The largest absolute Gasteiger partial charge is 0.382 e.